The van der Waals surface area contributed by atoms with Crippen LogP contribution in [0.15, 0.2) is 30.3 Å². The summed E-state index contributed by atoms with van der Waals surface area (Å²) >= 11 is 3.99. The zero-order chi connectivity index (χ0) is 13.5. The number of carbonyl (C=O) groups is 1. The van der Waals surface area contributed by atoms with Crippen molar-refractivity contribution in [3.8, 4) is 0 Å². The van der Waals surface area contributed by atoms with Gasteiger partial charge in [-0.1, -0.05) is 24.3 Å². The molecule has 0 saturated carbocycles. The molecule has 1 aromatic rings. The number of hydrogen-bond donors (Lipinski definition) is 4. The summed E-state index contributed by atoms with van der Waals surface area (Å²) in [6, 6.07) is 6.69. The summed E-state index contributed by atoms with van der Waals surface area (Å²) in [6.07, 6.45) is 1.12. The second-order valence-electron chi connectivity index (χ2n) is 3.86. The molecule has 2 atom stereocenters. The predicted molar refractivity (Wildman–Crippen MR) is 72.5 cm³/mol. The van der Waals surface area contributed by atoms with Crippen LogP contribution in [0.25, 0.3) is 6.08 Å². The largest absolute Gasteiger partial charge is 0.478 e. The number of aliphatic hydroxyl groups excluding tert-OH is 2. The van der Waals surface area contributed by atoms with Crippen LogP contribution in [-0.2, 0) is 4.79 Å². The smallest absolute Gasteiger partial charge is 0.328 e. The Hall–Kier alpha value is -1.30. The highest BCUT2D eigenvalue weighted by Crippen LogP contribution is 2.20. The summed E-state index contributed by atoms with van der Waals surface area (Å²) in [5, 5.41) is 27.9. The van der Waals surface area contributed by atoms with Crippen LogP contribution in [0.1, 0.15) is 23.7 Å². The molecular weight excluding hydrogens is 252 g/mol. The van der Waals surface area contributed by atoms with E-state index in [9.17, 15) is 15.0 Å². The van der Waals surface area contributed by atoms with Crippen molar-refractivity contribution in [3.63, 3.8) is 0 Å². The molecular formula is C13H16O4S. The maximum atomic E-state index is 10.3. The number of hydrogen-bond acceptors (Lipinski definition) is 4. The Balaban J connectivity index is 2.73. The van der Waals surface area contributed by atoms with Crippen molar-refractivity contribution in [2.45, 2.75) is 18.6 Å². The molecule has 0 radical (unpaired) electrons. The lowest BCUT2D eigenvalue weighted by Gasteiger charge is -2.17. The zero-order valence-corrected chi connectivity index (χ0v) is 10.6. The van der Waals surface area contributed by atoms with Crippen molar-refractivity contribution in [2.75, 3.05) is 5.75 Å². The van der Waals surface area contributed by atoms with Crippen molar-refractivity contribution >= 4 is 24.7 Å². The summed E-state index contributed by atoms with van der Waals surface area (Å²) in [5.74, 6) is -0.513. The monoisotopic (exact) mass is 268 g/mol. The van der Waals surface area contributed by atoms with Crippen LogP contribution in [0.5, 0.6) is 0 Å². The van der Waals surface area contributed by atoms with Gasteiger partial charge in [-0.3, -0.25) is 0 Å². The Morgan fingerprint density at radius 3 is 2.39 bits per heavy atom. The average molecular weight is 268 g/mol. The van der Waals surface area contributed by atoms with Crippen LogP contribution in [0.2, 0.25) is 0 Å². The maximum Gasteiger partial charge on any atom is 0.328 e. The van der Waals surface area contributed by atoms with Gasteiger partial charge in [0.1, 0.15) is 6.10 Å². The number of benzene rings is 1. The Labute approximate surface area is 111 Å². The Morgan fingerprint density at radius 1 is 1.28 bits per heavy atom. The molecule has 0 fully saturated rings. The normalized spacial score (nSPS) is 14.6. The lowest BCUT2D eigenvalue weighted by atomic mass is 10.0. The van der Waals surface area contributed by atoms with Crippen LogP contribution >= 0.6 is 12.6 Å². The number of rotatable bonds is 6. The minimum atomic E-state index is -1.01. The van der Waals surface area contributed by atoms with E-state index in [-0.39, 0.29) is 0 Å². The second-order valence-corrected chi connectivity index (χ2v) is 4.31. The lowest BCUT2D eigenvalue weighted by Crippen LogP contribution is -2.18. The molecule has 2 unspecified atom stereocenters. The van der Waals surface area contributed by atoms with Gasteiger partial charge in [-0.05, 0) is 29.4 Å². The summed E-state index contributed by atoms with van der Waals surface area (Å²) in [7, 11) is 0. The molecule has 0 amide bonds. The van der Waals surface area contributed by atoms with Crippen molar-refractivity contribution in [1.82, 2.24) is 0 Å². The molecule has 4 nitrogen and oxygen atoms in total. The van der Waals surface area contributed by atoms with Gasteiger partial charge in [0.15, 0.2) is 0 Å². The van der Waals surface area contributed by atoms with Gasteiger partial charge in [0.25, 0.3) is 0 Å². The highest BCUT2D eigenvalue weighted by Gasteiger charge is 2.16. The van der Waals surface area contributed by atoms with Crippen LogP contribution in [0.4, 0.5) is 0 Å². The molecule has 0 spiro atoms. The fourth-order valence-corrected chi connectivity index (χ4v) is 1.75. The third kappa shape index (κ3) is 4.52. The van der Waals surface area contributed by atoms with Crippen molar-refractivity contribution in [1.29, 1.82) is 0 Å². The third-order valence-electron chi connectivity index (χ3n) is 2.49. The number of aliphatic carboxylic acids is 1. The summed E-state index contributed by atoms with van der Waals surface area (Å²) in [5.41, 5.74) is 1.31. The Morgan fingerprint density at radius 2 is 1.89 bits per heavy atom. The van der Waals surface area contributed by atoms with E-state index >= 15 is 0 Å². The van der Waals surface area contributed by atoms with E-state index in [2.05, 4.69) is 12.6 Å². The van der Waals surface area contributed by atoms with Crippen LogP contribution in [0, 0.1) is 0 Å². The van der Waals surface area contributed by atoms with Gasteiger partial charge in [-0.25, -0.2) is 4.79 Å². The Kier molecular flexibility index (Phi) is 5.91. The number of carboxylic acids is 1. The first-order chi connectivity index (χ1) is 8.54. The van der Waals surface area contributed by atoms with Crippen LogP contribution in [0.3, 0.4) is 0 Å². The van der Waals surface area contributed by atoms with Gasteiger partial charge in [-0.15, -0.1) is 0 Å². The number of thiol groups is 1. The van der Waals surface area contributed by atoms with Crippen molar-refractivity contribution < 1.29 is 20.1 Å². The van der Waals surface area contributed by atoms with Crippen molar-refractivity contribution in [2.24, 2.45) is 0 Å². The molecule has 0 saturated heterocycles. The predicted octanol–water partition coefficient (Wildman–Crippen LogP) is 1.50. The summed E-state index contributed by atoms with van der Waals surface area (Å²) < 4.78 is 0. The molecule has 0 bridgehead atoms. The minimum Gasteiger partial charge on any atom is -0.478 e. The Bertz CT molecular complexity index is 414. The fourth-order valence-electron chi connectivity index (χ4n) is 1.48. The first-order valence-corrected chi connectivity index (χ1v) is 6.16. The molecule has 0 aliphatic heterocycles. The molecule has 98 valence electrons. The second kappa shape index (κ2) is 7.20. The van der Waals surface area contributed by atoms with E-state index in [0.717, 1.165) is 11.6 Å². The van der Waals surface area contributed by atoms with E-state index in [1.165, 1.54) is 6.08 Å². The maximum absolute atomic E-state index is 10.3. The number of carboxylic acid groups (broad SMARTS) is 1. The zero-order valence-electron chi connectivity index (χ0n) is 9.73. The molecule has 0 aromatic heterocycles. The molecule has 3 N–H and O–H groups in total. The van der Waals surface area contributed by atoms with E-state index in [1.54, 1.807) is 24.3 Å². The molecule has 1 aromatic carbocycles. The van der Waals surface area contributed by atoms with E-state index in [4.69, 9.17) is 5.11 Å². The summed E-state index contributed by atoms with van der Waals surface area (Å²) in [4.78, 5) is 10.3. The van der Waals surface area contributed by atoms with E-state index in [1.807, 2.05) is 0 Å². The minimum absolute atomic E-state index is 0.408. The van der Waals surface area contributed by atoms with Crippen LogP contribution in [-0.4, -0.2) is 33.1 Å². The molecule has 0 aliphatic carbocycles. The topological polar surface area (TPSA) is 77.8 Å². The lowest BCUT2D eigenvalue weighted by molar-refractivity contribution is -0.131. The van der Waals surface area contributed by atoms with Gasteiger partial charge in [0.2, 0.25) is 0 Å². The van der Waals surface area contributed by atoms with E-state index in [0.29, 0.717) is 17.7 Å². The van der Waals surface area contributed by atoms with Gasteiger partial charge >= 0.3 is 5.97 Å². The molecule has 0 aliphatic rings. The molecule has 0 heterocycles. The van der Waals surface area contributed by atoms with Gasteiger partial charge in [0, 0.05) is 6.08 Å². The van der Waals surface area contributed by atoms with Crippen LogP contribution < -0.4 is 0 Å². The molecule has 18 heavy (non-hydrogen) atoms. The molecule has 1 rings (SSSR count). The first-order valence-electron chi connectivity index (χ1n) is 5.52. The third-order valence-corrected chi connectivity index (χ3v) is 2.74. The van der Waals surface area contributed by atoms with Gasteiger partial charge < -0.3 is 15.3 Å². The SMILES string of the molecule is O=C(O)/C=C/c1ccc(C(O)C(O)CCS)cc1. The highest BCUT2D eigenvalue weighted by molar-refractivity contribution is 7.80. The first kappa shape index (κ1) is 14.8. The van der Waals surface area contributed by atoms with Gasteiger partial charge in [0.05, 0.1) is 6.10 Å². The quantitative estimate of drug-likeness (QED) is 0.466. The average Bonchev–Trinajstić information content (AvgIpc) is 2.36. The van der Waals surface area contributed by atoms with Gasteiger partial charge in [-0.2, -0.15) is 12.6 Å². The standard InChI is InChI=1S/C13H16O4S/c14-11(7-8-18)13(17)10-4-1-9(2-5-10)3-6-12(15)16/h1-6,11,13-14,17-18H,7-8H2,(H,15,16)/b6-3+. The van der Waals surface area contributed by atoms with E-state index < -0.39 is 18.2 Å². The fraction of sp³-hybridized carbons (Fsp3) is 0.308. The van der Waals surface area contributed by atoms with Crippen molar-refractivity contribution in [3.05, 3.63) is 41.5 Å². The number of aliphatic hydroxyl groups is 2. The summed E-state index contributed by atoms with van der Waals surface area (Å²) in [6.45, 7) is 0. The molecule has 5 heteroatoms. The highest BCUT2D eigenvalue weighted by atomic mass is 32.1.